The van der Waals surface area contributed by atoms with E-state index in [2.05, 4.69) is 4.99 Å². The molecule has 0 radical (unpaired) electrons. The van der Waals surface area contributed by atoms with Crippen LogP contribution in [0, 0.1) is 6.92 Å². The minimum Gasteiger partial charge on any atom is -0.401 e. The van der Waals surface area contributed by atoms with Crippen molar-refractivity contribution in [2.24, 2.45) is 4.99 Å². The van der Waals surface area contributed by atoms with Crippen LogP contribution in [0.3, 0.4) is 0 Å². The molecule has 3 rings (SSSR count). The minimum atomic E-state index is -0.453. The standard InChI is InChI=1S/C15H10ClNO2S/c1-9-6-7-13(20-9)14-17-12(15(18)19-14)8-10-4-2-3-5-11(10)16/h2-8H,1H3/b12-8-. The van der Waals surface area contributed by atoms with Crippen molar-refractivity contribution >= 4 is 40.9 Å². The number of hydrogen-bond donors (Lipinski definition) is 0. The number of rotatable bonds is 2. The Hall–Kier alpha value is -1.91. The highest BCUT2D eigenvalue weighted by molar-refractivity contribution is 7.14. The Morgan fingerprint density at radius 2 is 2.05 bits per heavy atom. The van der Waals surface area contributed by atoms with Gasteiger partial charge in [-0.05, 0) is 36.8 Å². The number of aryl methyl sites for hydroxylation is 1. The van der Waals surface area contributed by atoms with Crippen molar-refractivity contribution < 1.29 is 9.53 Å². The van der Waals surface area contributed by atoms with Gasteiger partial charge in [-0.2, -0.15) is 0 Å². The van der Waals surface area contributed by atoms with Gasteiger partial charge in [-0.15, -0.1) is 11.3 Å². The first-order chi connectivity index (χ1) is 9.63. The van der Waals surface area contributed by atoms with E-state index in [4.69, 9.17) is 16.3 Å². The molecule has 0 N–H and O–H groups in total. The van der Waals surface area contributed by atoms with Gasteiger partial charge in [-0.1, -0.05) is 29.8 Å². The molecule has 1 aromatic heterocycles. The van der Waals surface area contributed by atoms with Crippen LogP contribution in [0.15, 0.2) is 47.1 Å². The number of carbonyl (C=O) groups excluding carboxylic acids is 1. The number of halogens is 1. The Kier molecular flexibility index (Phi) is 3.42. The Bertz CT molecular complexity index is 746. The number of hydrogen-bond acceptors (Lipinski definition) is 4. The van der Waals surface area contributed by atoms with Gasteiger partial charge in [0.15, 0.2) is 5.70 Å². The first-order valence-electron chi connectivity index (χ1n) is 5.97. The maximum atomic E-state index is 11.8. The molecule has 0 aliphatic carbocycles. The van der Waals surface area contributed by atoms with Gasteiger partial charge in [0.25, 0.3) is 0 Å². The van der Waals surface area contributed by atoms with Crippen LogP contribution in [0.4, 0.5) is 0 Å². The van der Waals surface area contributed by atoms with Crippen LogP contribution in [-0.2, 0) is 9.53 Å². The van der Waals surface area contributed by atoms with Gasteiger partial charge in [0.2, 0.25) is 5.90 Å². The first kappa shape index (κ1) is 13.1. The number of ether oxygens (including phenoxy) is 1. The van der Waals surface area contributed by atoms with E-state index in [0.717, 1.165) is 15.3 Å². The van der Waals surface area contributed by atoms with E-state index < -0.39 is 5.97 Å². The van der Waals surface area contributed by atoms with Gasteiger partial charge in [0.05, 0.1) is 4.88 Å². The summed E-state index contributed by atoms with van der Waals surface area (Å²) in [6, 6.07) is 11.1. The second kappa shape index (κ2) is 5.23. The van der Waals surface area contributed by atoms with Gasteiger partial charge in [0, 0.05) is 9.90 Å². The highest BCUT2D eigenvalue weighted by Gasteiger charge is 2.25. The number of aliphatic imine (C=N–C) groups is 1. The second-order valence-electron chi connectivity index (χ2n) is 4.27. The summed E-state index contributed by atoms with van der Waals surface area (Å²) >= 11 is 7.60. The lowest BCUT2D eigenvalue weighted by atomic mass is 10.2. The fraction of sp³-hybridized carbons (Fsp3) is 0.0667. The molecule has 1 aliphatic rings. The third kappa shape index (κ3) is 2.53. The third-order valence-electron chi connectivity index (χ3n) is 2.77. The van der Waals surface area contributed by atoms with Crippen molar-refractivity contribution in [2.75, 3.05) is 0 Å². The highest BCUT2D eigenvalue weighted by atomic mass is 35.5. The Labute approximate surface area is 125 Å². The molecule has 0 bridgehead atoms. The number of nitrogens with zero attached hydrogens (tertiary/aromatic N) is 1. The predicted octanol–water partition coefficient (Wildman–Crippen LogP) is 4.05. The van der Waals surface area contributed by atoms with Crippen LogP contribution in [0.1, 0.15) is 15.3 Å². The zero-order valence-corrected chi connectivity index (χ0v) is 12.2. The highest BCUT2D eigenvalue weighted by Crippen LogP contribution is 2.25. The van der Waals surface area contributed by atoms with E-state index in [9.17, 15) is 4.79 Å². The SMILES string of the molecule is Cc1ccc(C2=N/C(=C\c3ccccc3Cl)C(=O)O2)s1. The van der Waals surface area contributed by atoms with Crippen LogP contribution in [0.25, 0.3) is 6.08 Å². The lowest BCUT2D eigenvalue weighted by Gasteiger charge is -1.96. The molecular weight excluding hydrogens is 294 g/mol. The average molecular weight is 304 g/mol. The molecule has 0 spiro atoms. The smallest absolute Gasteiger partial charge is 0.363 e. The quantitative estimate of drug-likeness (QED) is 0.620. The van der Waals surface area contributed by atoms with Crippen molar-refractivity contribution in [1.82, 2.24) is 0 Å². The number of benzene rings is 1. The lowest BCUT2D eigenvalue weighted by Crippen LogP contribution is -2.03. The molecular formula is C15H10ClNO2S. The second-order valence-corrected chi connectivity index (χ2v) is 5.96. The zero-order chi connectivity index (χ0) is 14.1. The third-order valence-corrected chi connectivity index (χ3v) is 4.10. The number of cyclic esters (lactones) is 1. The van der Waals surface area contributed by atoms with Crippen LogP contribution < -0.4 is 0 Å². The van der Waals surface area contributed by atoms with Gasteiger partial charge >= 0.3 is 5.97 Å². The molecule has 20 heavy (non-hydrogen) atoms. The maximum absolute atomic E-state index is 11.8. The van der Waals surface area contributed by atoms with Crippen LogP contribution in [-0.4, -0.2) is 11.9 Å². The molecule has 0 unspecified atom stereocenters. The van der Waals surface area contributed by atoms with E-state index in [-0.39, 0.29) is 5.70 Å². The fourth-order valence-corrected chi connectivity index (χ4v) is 2.79. The fourth-order valence-electron chi connectivity index (χ4n) is 1.80. The van der Waals surface area contributed by atoms with E-state index in [0.29, 0.717) is 10.9 Å². The largest absolute Gasteiger partial charge is 0.401 e. The molecule has 5 heteroatoms. The van der Waals surface area contributed by atoms with E-state index >= 15 is 0 Å². The van der Waals surface area contributed by atoms with E-state index in [1.807, 2.05) is 37.3 Å². The van der Waals surface area contributed by atoms with Crippen LogP contribution in [0.5, 0.6) is 0 Å². The summed E-state index contributed by atoms with van der Waals surface area (Å²) in [7, 11) is 0. The minimum absolute atomic E-state index is 0.263. The Morgan fingerprint density at radius 1 is 1.25 bits per heavy atom. The molecule has 3 nitrogen and oxygen atoms in total. The summed E-state index contributed by atoms with van der Waals surface area (Å²) < 4.78 is 5.20. The summed E-state index contributed by atoms with van der Waals surface area (Å²) in [4.78, 5) is 18.1. The Balaban J connectivity index is 1.97. The number of thiophene rings is 1. The molecule has 0 saturated heterocycles. The summed E-state index contributed by atoms with van der Waals surface area (Å²) in [5.74, 6) is -0.0997. The van der Waals surface area contributed by atoms with Crippen molar-refractivity contribution in [3.05, 3.63) is 62.4 Å². The monoisotopic (exact) mass is 303 g/mol. The van der Waals surface area contributed by atoms with Gasteiger partial charge < -0.3 is 4.74 Å². The van der Waals surface area contributed by atoms with Crippen LogP contribution >= 0.6 is 22.9 Å². The maximum Gasteiger partial charge on any atom is 0.363 e. The molecule has 1 aliphatic heterocycles. The molecule has 2 aromatic rings. The molecule has 2 heterocycles. The van der Waals surface area contributed by atoms with Gasteiger partial charge in [-0.25, -0.2) is 9.79 Å². The van der Waals surface area contributed by atoms with Crippen molar-refractivity contribution in [3.63, 3.8) is 0 Å². The molecule has 0 saturated carbocycles. The normalized spacial score (nSPS) is 16.4. The summed E-state index contributed by atoms with van der Waals surface area (Å²) in [5, 5.41) is 0.573. The topological polar surface area (TPSA) is 38.7 Å². The Morgan fingerprint density at radius 3 is 2.75 bits per heavy atom. The number of carbonyl (C=O) groups is 1. The molecule has 1 aromatic carbocycles. The van der Waals surface area contributed by atoms with Gasteiger partial charge in [-0.3, -0.25) is 0 Å². The molecule has 100 valence electrons. The zero-order valence-electron chi connectivity index (χ0n) is 10.6. The molecule has 0 fully saturated rings. The summed E-state index contributed by atoms with van der Waals surface area (Å²) in [5.41, 5.74) is 1.01. The van der Waals surface area contributed by atoms with Crippen LogP contribution in [0.2, 0.25) is 5.02 Å². The summed E-state index contributed by atoms with van der Waals surface area (Å²) in [6.45, 7) is 1.99. The lowest BCUT2D eigenvalue weighted by molar-refractivity contribution is -0.129. The van der Waals surface area contributed by atoms with Crippen molar-refractivity contribution in [1.29, 1.82) is 0 Å². The van der Waals surface area contributed by atoms with Crippen molar-refractivity contribution in [2.45, 2.75) is 6.92 Å². The predicted molar refractivity (Wildman–Crippen MR) is 81.1 cm³/mol. The first-order valence-corrected chi connectivity index (χ1v) is 7.17. The molecule has 0 amide bonds. The van der Waals surface area contributed by atoms with E-state index in [1.165, 1.54) is 11.3 Å². The number of esters is 1. The van der Waals surface area contributed by atoms with Crippen molar-refractivity contribution in [3.8, 4) is 0 Å². The summed E-state index contributed by atoms with van der Waals surface area (Å²) in [6.07, 6.45) is 1.64. The van der Waals surface area contributed by atoms with Gasteiger partial charge in [0.1, 0.15) is 0 Å². The van der Waals surface area contributed by atoms with E-state index in [1.54, 1.807) is 12.1 Å². The average Bonchev–Trinajstić information content (AvgIpc) is 2.99. The molecule has 0 atom stereocenters.